The minimum atomic E-state index is -0.197. The molecular weight excluding hydrogens is 341 g/mol. The molecule has 0 atom stereocenters. The van der Waals surface area contributed by atoms with Crippen molar-refractivity contribution < 1.29 is 14.1 Å². The Balaban J connectivity index is 1.66. The van der Waals surface area contributed by atoms with Crippen molar-refractivity contribution >= 4 is 34.8 Å². The highest BCUT2D eigenvalue weighted by atomic mass is 35.5. The van der Waals surface area contributed by atoms with E-state index in [1.54, 1.807) is 11.0 Å². The molecule has 0 N–H and O–H groups in total. The maximum Gasteiger partial charge on any atom is 0.292 e. The maximum absolute atomic E-state index is 12.4. The van der Waals surface area contributed by atoms with E-state index in [0.29, 0.717) is 36.2 Å². The van der Waals surface area contributed by atoms with E-state index in [4.69, 9.17) is 32.5 Å². The third-order valence-electron chi connectivity index (χ3n) is 3.75. The molecular formula is C15H15Cl2N3O3. The lowest BCUT2D eigenvalue weighted by atomic mass is 10.2. The van der Waals surface area contributed by atoms with Gasteiger partial charge in [0.15, 0.2) is 0 Å². The lowest BCUT2D eigenvalue weighted by Crippen LogP contribution is -2.48. The van der Waals surface area contributed by atoms with Crippen molar-refractivity contribution in [2.75, 3.05) is 38.2 Å². The van der Waals surface area contributed by atoms with Gasteiger partial charge < -0.3 is 19.1 Å². The van der Waals surface area contributed by atoms with Crippen LogP contribution in [0.15, 0.2) is 28.8 Å². The zero-order chi connectivity index (χ0) is 16.4. The van der Waals surface area contributed by atoms with Crippen LogP contribution >= 0.6 is 23.2 Å². The van der Waals surface area contributed by atoms with Crippen LogP contribution < -0.4 is 9.64 Å². The number of amides is 1. The fourth-order valence-corrected chi connectivity index (χ4v) is 2.91. The molecule has 0 unspecified atom stereocenters. The molecule has 0 bridgehead atoms. The Labute approximate surface area is 143 Å². The van der Waals surface area contributed by atoms with Crippen molar-refractivity contribution in [2.45, 2.75) is 0 Å². The van der Waals surface area contributed by atoms with Crippen molar-refractivity contribution in [1.82, 2.24) is 10.1 Å². The maximum atomic E-state index is 12.4. The topological polar surface area (TPSA) is 58.8 Å². The molecule has 2 heterocycles. The van der Waals surface area contributed by atoms with Gasteiger partial charge in [-0.25, -0.2) is 0 Å². The first-order chi connectivity index (χ1) is 11.1. The minimum Gasteiger partial charge on any atom is -0.479 e. The number of carbonyl (C=O) groups is 1. The Kier molecular flexibility index (Phi) is 4.63. The van der Waals surface area contributed by atoms with Crippen molar-refractivity contribution in [2.24, 2.45) is 0 Å². The van der Waals surface area contributed by atoms with Gasteiger partial charge in [0.25, 0.3) is 11.8 Å². The first-order valence-electron chi connectivity index (χ1n) is 7.09. The van der Waals surface area contributed by atoms with E-state index in [-0.39, 0.29) is 17.5 Å². The quantitative estimate of drug-likeness (QED) is 0.846. The summed E-state index contributed by atoms with van der Waals surface area (Å²) in [7, 11) is 1.47. The molecule has 1 fully saturated rings. The number of nitrogens with zero attached hydrogens (tertiary/aromatic N) is 3. The second-order valence-corrected chi connectivity index (χ2v) is 5.87. The Morgan fingerprint density at radius 3 is 2.65 bits per heavy atom. The Morgan fingerprint density at radius 2 is 2.00 bits per heavy atom. The van der Waals surface area contributed by atoms with Crippen LogP contribution in [-0.4, -0.2) is 49.3 Å². The molecule has 1 saturated heterocycles. The van der Waals surface area contributed by atoms with E-state index < -0.39 is 0 Å². The molecule has 8 heteroatoms. The number of anilines is 1. The van der Waals surface area contributed by atoms with E-state index in [9.17, 15) is 4.79 Å². The van der Waals surface area contributed by atoms with Crippen molar-refractivity contribution in [1.29, 1.82) is 0 Å². The SMILES string of the molecule is COc1cc(C(=O)N2CCN(c3cccc(Cl)c3Cl)CC2)on1. The standard InChI is InChI=1S/C15H15Cl2N3O3/c1-22-13-9-12(23-18-13)15(21)20-7-5-19(6-8-20)11-4-2-3-10(16)14(11)17/h2-4,9H,5-8H2,1H3. The van der Waals surface area contributed by atoms with Gasteiger partial charge in [-0.15, -0.1) is 0 Å². The number of hydrogen-bond acceptors (Lipinski definition) is 5. The molecule has 122 valence electrons. The highest BCUT2D eigenvalue weighted by molar-refractivity contribution is 6.43. The van der Waals surface area contributed by atoms with E-state index in [1.807, 2.05) is 12.1 Å². The Morgan fingerprint density at radius 1 is 1.26 bits per heavy atom. The van der Waals surface area contributed by atoms with Gasteiger partial charge in [-0.05, 0) is 17.3 Å². The fraction of sp³-hybridized carbons (Fsp3) is 0.333. The number of piperazine rings is 1. The van der Waals surface area contributed by atoms with Crippen molar-refractivity contribution in [3.63, 3.8) is 0 Å². The van der Waals surface area contributed by atoms with E-state index >= 15 is 0 Å². The van der Waals surface area contributed by atoms with Gasteiger partial charge in [-0.2, -0.15) is 0 Å². The average Bonchev–Trinajstić information content (AvgIpc) is 3.06. The van der Waals surface area contributed by atoms with Gasteiger partial charge in [0, 0.05) is 26.2 Å². The molecule has 3 rings (SSSR count). The van der Waals surface area contributed by atoms with Gasteiger partial charge in [0.2, 0.25) is 5.76 Å². The number of methoxy groups -OCH3 is 1. The monoisotopic (exact) mass is 355 g/mol. The smallest absolute Gasteiger partial charge is 0.292 e. The predicted octanol–water partition coefficient (Wildman–Crippen LogP) is 2.95. The van der Waals surface area contributed by atoms with Crippen LogP contribution in [0.5, 0.6) is 5.88 Å². The highest BCUT2D eigenvalue weighted by Gasteiger charge is 2.26. The lowest BCUT2D eigenvalue weighted by molar-refractivity contribution is 0.0704. The molecule has 1 aliphatic rings. The summed E-state index contributed by atoms with van der Waals surface area (Å²) in [5.41, 5.74) is 0.882. The van der Waals surface area contributed by atoms with Crippen LogP contribution in [0.4, 0.5) is 5.69 Å². The normalized spacial score (nSPS) is 14.9. The second-order valence-electron chi connectivity index (χ2n) is 5.09. The molecule has 0 saturated carbocycles. The zero-order valence-corrected chi connectivity index (χ0v) is 14.0. The first kappa shape index (κ1) is 16.0. The van der Waals surface area contributed by atoms with Crippen LogP contribution in [0.2, 0.25) is 10.0 Å². The Bertz CT molecular complexity index is 712. The van der Waals surface area contributed by atoms with Crippen LogP contribution in [0.25, 0.3) is 0 Å². The lowest BCUT2D eigenvalue weighted by Gasteiger charge is -2.36. The summed E-state index contributed by atoms with van der Waals surface area (Å²) in [4.78, 5) is 16.2. The third kappa shape index (κ3) is 3.23. The van der Waals surface area contributed by atoms with Crippen LogP contribution in [0.1, 0.15) is 10.6 Å². The summed E-state index contributed by atoms with van der Waals surface area (Å²) in [6.45, 7) is 2.45. The molecule has 6 nitrogen and oxygen atoms in total. The van der Waals surface area contributed by atoms with Crippen LogP contribution in [-0.2, 0) is 0 Å². The number of ether oxygens (including phenoxy) is 1. The van der Waals surface area contributed by atoms with Crippen molar-refractivity contribution in [3.8, 4) is 5.88 Å². The van der Waals surface area contributed by atoms with Gasteiger partial charge in [-0.3, -0.25) is 4.79 Å². The molecule has 1 aromatic carbocycles. The van der Waals surface area contributed by atoms with Crippen molar-refractivity contribution in [3.05, 3.63) is 40.1 Å². The van der Waals surface area contributed by atoms with Gasteiger partial charge >= 0.3 is 0 Å². The van der Waals surface area contributed by atoms with Crippen LogP contribution in [0, 0.1) is 0 Å². The molecule has 2 aromatic rings. The van der Waals surface area contributed by atoms with E-state index in [0.717, 1.165) is 5.69 Å². The van der Waals surface area contributed by atoms with Crippen LogP contribution in [0.3, 0.4) is 0 Å². The first-order valence-corrected chi connectivity index (χ1v) is 7.84. The Hall–Kier alpha value is -1.92. The molecule has 1 aromatic heterocycles. The summed E-state index contributed by atoms with van der Waals surface area (Å²) in [5, 5.41) is 4.71. The van der Waals surface area contributed by atoms with Gasteiger partial charge in [0.05, 0.1) is 28.9 Å². The summed E-state index contributed by atoms with van der Waals surface area (Å²) < 4.78 is 9.92. The van der Waals surface area contributed by atoms with Gasteiger partial charge in [0.1, 0.15) is 0 Å². The highest BCUT2D eigenvalue weighted by Crippen LogP contribution is 2.33. The second kappa shape index (κ2) is 6.68. The number of halogens is 2. The molecule has 0 radical (unpaired) electrons. The molecule has 1 amide bonds. The minimum absolute atomic E-state index is 0.177. The summed E-state index contributed by atoms with van der Waals surface area (Å²) in [6, 6.07) is 7.03. The molecule has 0 spiro atoms. The number of aromatic nitrogens is 1. The zero-order valence-electron chi connectivity index (χ0n) is 12.5. The molecule has 23 heavy (non-hydrogen) atoms. The number of carbonyl (C=O) groups excluding carboxylic acids is 1. The summed E-state index contributed by atoms with van der Waals surface area (Å²) >= 11 is 12.3. The van der Waals surface area contributed by atoms with Gasteiger partial charge in [-0.1, -0.05) is 29.3 Å². The number of benzene rings is 1. The molecule has 0 aliphatic carbocycles. The fourth-order valence-electron chi connectivity index (χ4n) is 2.50. The summed E-state index contributed by atoms with van der Waals surface area (Å²) in [6.07, 6.45) is 0. The average molecular weight is 356 g/mol. The third-order valence-corrected chi connectivity index (χ3v) is 4.56. The number of rotatable bonds is 3. The van der Waals surface area contributed by atoms with E-state index in [1.165, 1.54) is 13.2 Å². The number of hydrogen-bond donors (Lipinski definition) is 0. The largest absolute Gasteiger partial charge is 0.479 e. The summed E-state index contributed by atoms with van der Waals surface area (Å²) in [5.74, 6) is 0.270. The van der Waals surface area contributed by atoms with E-state index in [2.05, 4.69) is 10.1 Å². The molecule has 1 aliphatic heterocycles. The predicted molar refractivity (Wildman–Crippen MR) is 87.6 cm³/mol.